The average Bonchev–Trinajstić information content (AvgIpc) is 2.47. The minimum Gasteiger partial charge on any atom is -0.383 e. The van der Waals surface area contributed by atoms with Gasteiger partial charge < -0.3 is 10.6 Å². The van der Waals surface area contributed by atoms with E-state index in [-0.39, 0.29) is 5.91 Å². The molecule has 2 N–H and O–H groups in total. The van der Waals surface area contributed by atoms with Gasteiger partial charge in [0.1, 0.15) is 5.82 Å². The molecule has 5 nitrogen and oxygen atoms in total. The summed E-state index contributed by atoms with van der Waals surface area (Å²) in [6, 6.07) is 5.45. The quantitative estimate of drug-likeness (QED) is 0.876. The number of pyridine rings is 2. The second kappa shape index (κ2) is 6.65. The van der Waals surface area contributed by atoms with Crippen LogP contribution in [0.3, 0.4) is 0 Å². The summed E-state index contributed by atoms with van der Waals surface area (Å²) in [7, 11) is 0. The maximum Gasteiger partial charge on any atom is 0.259 e. The van der Waals surface area contributed by atoms with Crippen LogP contribution in [0.5, 0.6) is 0 Å². The number of aryl methyl sites for hydroxylation is 1. The molecule has 0 atom stereocenters. The molecule has 0 radical (unpaired) electrons. The van der Waals surface area contributed by atoms with Crippen LogP contribution in [0.15, 0.2) is 36.8 Å². The number of nitrogens with zero attached hydrogens (tertiary/aromatic N) is 2. The highest BCUT2D eigenvalue weighted by atomic mass is 16.1. The second-order valence-electron chi connectivity index (χ2n) is 4.47. The Bertz CT molecular complexity index is 598. The Kier molecular flexibility index (Phi) is 4.65. The predicted molar refractivity (Wildman–Crippen MR) is 79.9 cm³/mol. The van der Waals surface area contributed by atoms with Crippen LogP contribution in [0.4, 0.5) is 11.5 Å². The van der Waals surface area contributed by atoms with Crippen molar-refractivity contribution in [2.24, 2.45) is 0 Å². The van der Waals surface area contributed by atoms with E-state index in [0.717, 1.165) is 24.2 Å². The zero-order valence-corrected chi connectivity index (χ0v) is 11.7. The summed E-state index contributed by atoms with van der Waals surface area (Å²) in [6.45, 7) is 4.78. The Morgan fingerprint density at radius 3 is 2.90 bits per heavy atom. The van der Waals surface area contributed by atoms with Crippen LogP contribution in [-0.2, 0) is 0 Å². The Hall–Kier alpha value is -2.43. The van der Waals surface area contributed by atoms with Crippen molar-refractivity contribution in [2.75, 3.05) is 17.2 Å². The molecule has 0 bridgehead atoms. The van der Waals surface area contributed by atoms with E-state index in [1.165, 1.54) is 0 Å². The fourth-order valence-electron chi connectivity index (χ4n) is 1.78. The molecule has 0 spiro atoms. The van der Waals surface area contributed by atoms with Crippen molar-refractivity contribution in [3.63, 3.8) is 0 Å². The molecule has 0 saturated carbocycles. The third-order valence-corrected chi connectivity index (χ3v) is 2.87. The van der Waals surface area contributed by atoms with E-state index in [9.17, 15) is 4.79 Å². The molecule has 0 unspecified atom stereocenters. The molecule has 2 heterocycles. The average molecular weight is 270 g/mol. The number of aromatic nitrogens is 2. The van der Waals surface area contributed by atoms with Crippen molar-refractivity contribution in [2.45, 2.75) is 20.3 Å². The van der Waals surface area contributed by atoms with Crippen LogP contribution in [0.25, 0.3) is 0 Å². The first kappa shape index (κ1) is 14.0. The molecule has 2 aromatic heterocycles. The van der Waals surface area contributed by atoms with Crippen LogP contribution in [0.1, 0.15) is 29.3 Å². The van der Waals surface area contributed by atoms with E-state index in [1.54, 1.807) is 24.7 Å². The van der Waals surface area contributed by atoms with Gasteiger partial charge in [-0.1, -0.05) is 13.0 Å². The highest BCUT2D eigenvalue weighted by Gasteiger charge is 2.12. The Morgan fingerprint density at radius 1 is 1.30 bits per heavy atom. The maximum atomic E-state index is 12.3. The molecular formula is C15H18N4O. The lowest BCUT2D eigenvalue weighted by molar-refractivity contribution is 0.102. The van der Waals surface area contributed by atoms with Gasteiger partial charge >= 0.3 is 0 Å². The normalized spacial score (nSPS) is 10.1. The Labute approximate surface area is 118 Å². The van der Waals surface area contributed by atoms with Crippen molar-refractivity contribution in [3.8, 4) is 0 Å². The fraction of sp³-hybridized carbons (Fsp3) is 0.267. The molecule has 104 valence electrons. The van der Waals surface area contributed by atoms with Gasteiger partial charge in [-0.15, -0.1) is 0 Å². The molecule has 1 amide bonds. The molecule has 0 fully saturated rings. The van der Waals surface area contributed by atoms with E-state index in [0.29, 0.717) is 11.4 Å². The zero-order valence-electron chi connectivity index (χ0n) is 11.7. The Morgan fingerprint density at radius 2 is 2.15 bits per heavy atom. The largest absolute Gasteiger partial charge is 0.383 e. The van der Waals surface area contributed by atoms with E-state index in [2.05, 4.69) is 27.5 Å². The lowest BCUT2D eigenvalue weighted by atomic mass is 10.2. The zero-order chi connectivity index (χ0) is 14.4. The summed E-state index contributed by atoms with van der Waals surface area (Å²) in [5.74, 6) is 0.392. The van der Waals surface area contributed by atoms with Crippen molar-refractivity contribution in [1.82, 2.24) is 9.97 Å². The summed E-state index contributed by atoms with van der Waals surface area (Å²) < 4.78 is 0. The summed E-state index contributed by atoms with van der Waals surface area (Å²) in [4.78, 5) is 20.5. The number of nitrogens with one attached hydrogen (secondary N) is 2. The smallest absolute Gasteiger partial charge is 0.259 e. The molecule has 2 aromatic rings. The van der Waals surface area contributed by atoms with Crippen molar-refractivity contribution >= 4 is 17.4 Å². The molecule has 0 aliphatic rings. The third kappa shape index (κ3) is 3.32. The van der Waals surface area contributed by atoms with Crippen LogP contribution >= 0.6 is 0 Å². The van der Waals surface area contributed by atoms with Crippen LogP contribution in [-0.4, -0.2) is 22.4 Å². The summed E-state index contributed by atoms with van der Waals surface area (Å²) in [5, 5.41) is 6.03. The third-order valence-electron chi connectivity index (χ3n) is 2.87. The SMILES string of the molecule is CCCNc1cnccc1C(=O)Nc1ncccc1C. The lowest BCUT2D eigenvalue weighted by Crippen LogP contribution is -2.16. The van der Waals surface area contributed by atoms with E-state index in [1.807, 2.05) is 19.1 Å². The minimum atomic E-state index is -0.187. The summed E-state index contributed by atoms with van der Waals surface area (Å²) in [5.41, 5.74) is 2.23. The number of hydrogen-bond donors (Lipinski definition) is 2. The topological polar surface area (TPSA) is 66.9 Å². The van der Waals surface area contributed by atoms with Gasteiger partial charge in [0.2, 0.25) is 0 Å². The van der Waals surface area contributed by atoms with Crippen LogP contribution in [0, 0.1) is 6.92 Å². The van der Waals surface area contributed by atoms with Gasteiger partial charge in [-0.3, -0.25) is 9.78 Å². The van der Waals surface area contributed by atoms with Crippen molar-refractivity contribution < 1.29 is 4.79 Å². The number of hydrogen-bond acceptors (Lipinski definition) is 4. The first-order valence-corrected chi connectivity index (χ1v) is 6.63. The predicted octanol–water partition coefficient (Wildman–Crippen LogP) is 2.86. The standard InChI is InChI=1S/C15H18N4O/c1-3-7-17-13-10-16-9-6-12(13)15(20)19-14-11(2)5-4-8-18-14/h4-6,8-10,17H,3,7H2,1-2H3,(H,18,19,20). The fourth-order valence-corrected chi connectivity index (χ4v) is 1.78. The minimum absolute atomic E-state index is 0.187. The van der Waals surface area contributed by atoms with Gasteiger partial charge in [0.15, 0.2) is 0 Å². The summed E-state index contributed by atoms with van der Waals surface area (Å²) in [6.07, 6.45) is 5.91. The monoisotopic (exact) mass is 270 g/mol. The molecule has 2 rings (SSSR count). The number of anilines is 2. The molecule has 0 aromatic carbocycles. The molecular weight excluding hydrogens is 252 g/mol. The number of amides is 1. The molecule has 5 heteroatoms. The van der Waals surface area contributed by atoms with Gasteiger partial charge in [-0.05, 0) is 31.0 Å². The lowest BCUT2D eigenvalue weighted by Gasteiger charge is -2.11. The number of rotatable bonds is 5. The molecule has 0 aliphatic carbocycles. The highest BCUT2D eigenvalue weighted by molar-refractivity contribution is 6.07. The molecule has 20 heavy (non-hydrogen) atoms. The van der Waals surface area contributed by atoms with E-state index >= 15 is 0 Å². The molecule has 0 aliphatic heterocycles. The number of carbonyl (C=O) groups excluding carboxylic acids is 1. The van der Waals surface area contributed by atoms with Crippen molar-refractivity contribution in [1.29, 1.82) is 0 Å². The van der Waals surface area contributed by atoms with Gasteiger partial charge in [0, 0.05) is 18.9 Å². The van der Waals surface area contributed by atoms with E-state index < -0.39 is 0 Å². The van der Waals surface area contributed by atoms with Gasteiger partial charge in [-0.25, -0.2) is 4.98 Å². The number of carbonyl (C=O) groups is 1. The highest BCUT2D eigenvalue weighted by Crippen LogP contribution is 2.16. The van der Waals surface area contributed by atoms with Crippen LogP contribution < -0.4 is 10.6 Å². The summed E-state index contributed by atoms with van der Waals surface area (Å²) >= 11 is 0. The van der Waals surface area contributed by atoms with Crippen molar-refractivity contribution in [3.05, 3.63) is 47.9 Å². The second-order valence-corrected chi connectivity index (χ2v) is 4.47. The van der Waals surface area contributed by atoms with E-state index in [4.69, 9.17) is 0 Å². The molecule has 0 saturated heterocycles. The first-order chi connectivity index (χ1) is 9.72. The first-order valence-electron chi connectivity index (χ1n) is 6.63. The van der Waals surface area contributed by atoms with Crippen LogP contribution in [0.2, 0.25) is 0 Å². The van der Waals surface area contributed by atoms with Gasteiger partial charge in [-0.2, -0.15) is 0 Å². The van der Waals surface area contributed by atoms with Gasteiger partial charge in [0.05, 0.1) is 17.4 Å². The Balaban J connectivity index is 2.19. The maximum absolute atomic E-state index is 12.3. The van der Waals surface area contributed by atoms with Gasteiger partial charge in [0.25, 0.3) is 5.91 Å².